The minimum Gasteiger partial charge on any atom is -0.304 e. The van der Waals surface area contributed by atoms with Crippen LogP contribution in [0.5, 0.6) is 0 Å². The highest BCUT2D eigenvalue weighted by molar-refractivity contribution is 4.94. The summed E-state index contributed by atoms with van der Waals surface area (Å²) < 4.78 is 0. The van der Waals surface area contributed by atoms with E-state index in [4.69, 9.17) is 0 Å². The summed E-state index contributed by atoms with van der Waals surface area (Å²) >= 11 is 0. The fourth-order valence-electron chi connectivity index (χ4n) is 3.46. The van der Waals surface area contributed by atoms with Gasteiger partial charge in [-0.1, -0.05) is 27.7 Å². The Morgan fingerprint density at radius 2 is 1.40 bits per heavy atom. The van der Waals surface area contributed by atoms with Crippen LogP contribution in [-0.4, -0.2) is 73.1 Å². The molecule has 2 fully saturated rings. The van der Waals surface area contributed by atoms with E-state index < -0.39 is 0 Å². The maximum absolute atomic E-state index is 2.76. The standard InChI is InChI=1S/C15H31N3.C2H6/c1-12(2)14-10-18(13(3)4)11-15(14)17-8-6-16(5)7-9-17;1-2/h12-15H,6-11H2,1-5H3;1-2H3. The summed E-state index contributed by atoms with van der Waals surface area (Å²) in [6.45, 7) is 21.1. The van der Waals surface area contributed by atoms with E-state index in [-0.39, 0.29) is 0 Å². The van der Waals surface area contributed by atoms with Gasteiger partial charge in [-0.05, 0) is 32.7 Å². The molecule has 2 atom stereocenters. The van der Waals surface area contributed by atoms with Gasteiger partial charge in [0, 0.05) is 51.4 Å². The Labute approximate surface area is 127 Å². The van der Waals surface area contributed by atoms with Crippen molar-refractivity contribution in [1.29, 1.82) is 0 Å². The number of nitrogens with zero attached hydrogens (tertiary/aromatic N) is 3. The first kappa shape index (κ1) is 17.9. The second-order valence-electron chi connectivity index (χ2n) is 6.86. The zero-order valence-corrected chi connectivity index (χ0v) is 14.9. The summed E-state index contributed by atoms with van der Waals surface area (Å²) in [7, 11) is 2.24. The lowest BCUT2D eigenvalue weighted by atomic mass is 9.90. The Bertz CT molecular complexity index is 257. The summed E-state index contributed by atoms with van der Waals surface area (Å²) in [6.07, 6.45) is 0. The minimum absolute atomic E-state index is 0.698. The number of piperazine rings is 1. The Balaban J connectivity index is 0.000000956. The molecule has 2 heterocycles. The zero-order valence-electron chi connectivity index (χ0n) is 14.9. The molecule has 2 aliphatic rings. The molecule has 0 aromatic rings. The van der Waals surface area contributed by atoms with Crippen molar-refractivity contribution in [3.05, 3.63) is 0 Å². The Kier molecular flexibility index (Phi) is 7.49. The first-order valence-corrected chi connectivity index (χ1v) is 8.65. The molecule has 0 aromatic heterocycles. The van der Waals surface area contributed by atoms with Crippen LogP contribution < -0.4 is 0 Å². The van der Waals surface area contributed by atoms with Gasteiger partial charge in [0.15, 0.2) is 0 Å². The van der Waals surface area contributed by atoms with Gasteiger partial charge in [-0.15, -0.1) is 0 Å². The third-order valence-electron chi connectivity index (χ3n) is 4.95. The summed E-state index contributed by atoms with van der Waals surface area (Å²) in [5.74, 6) is 1.66. The Morgan fingerprint density at radius 3 is 1.85 bits per heavy atom. The smallest absolute Gasteiger partial charge is 0.0267 e. The second kappa shape index (κ2) is 8.35. The van der Waals surface area contributed by atoms with E-state index in [9.17, 15) is 0 Å². The Morgan fingerprint density at radius 1 is 0.850 bits per heavy atom. The molecule has 0 spiro atoms. The monoisotopic (exact) mass is 283 g/mol. The van der Waals surface area contributed by atoms with Gasteiger partial charge in [-0.2, -0.15) is 0 Å². The molecule has 3 heteroatoms. The molecule has 0 bridgehead atoms. The largest absolute Gasteiger partial charge is 0.304 e. The predicted molar refractivity (Wildman–Crippen MR) is 89.2 cm³/mol. The van der Waals surface area contributed by atoms with Crippen molar-refractivity contribution < 1.29 is 0 Å². The van der Waals surface area contributed by atoms with Gasteiger partial charge in [0.2, 0.25) is 0 Å². The highest BCUT2D eigenvalue weighted by atomic mass is 15.3. The van der Waals surface area contributed by atoms with Crippen LogP contribution in [0.15, 0.2) is 0 Å². The summed E-state index contributed by atoms with van der Waals surface area (Å²) in [6, 6.07) is 1.49. The van der Waals surface area contributed by atoms with Crippen molar-refractivity contribution in [2.45, 2.75) is 53.6 Å². The molecule has 2 aliphatic heterocycles. The van der Waals surface area contributed by atoms with Gasteiger partial charge in [-0.3, -0.25) is 9.80 Å². The van der Waals surface area contributed by atoms with Crippen molar-refractivity contribution in [3.8, 4) is 0 Å². The SMILES string of the molecule is CC.CC(C)C1CN(C(C)C)CC1N1CCN(C)CC1. The third kappa shape index (κ3) is 4.44. The van der Waals surface area contributed by atoms with Crippen LogP contribution in [0.3, 0.4) is 0 Å². The minimum atomic E-state index is 0.698. The van der Waals surface area contributed by atoms with Crippen LogP contribution in [-0.2, 0) is 0 Å². The van der Waals surface area contributed by atoms with Gasteiger partial charge >= 0.3 is 0 Å². The van der Waals surface area contributed by atoms with Crippen LogP contribution in [0, 0.1) is 11.8 Å². The second-order valence-corrected chi connectivity index (χ2v) is 6.86. The van der Waals surface area contributed by atoms with Gasteiger partial charge in [0.1, 0.15) is 0 Å². The number of hydrogen-bond acceptors (Lipinski definition) is 3. The lowest BCUT2D eigenvalue weighted by Gasteiger charge is -2.39. The summed E-state index contributed by atoms with van der Waals surface area (Å²) in [4.78, 5) is 7.89. The van der Waals surface area contributed by atoms with Gasteiger partial charge in [-0.25, -0.2) is 0 Å². The molecule has 2 saturated heterocycles. The highest BCUT2D eigenvalue weighted by Crippen LogP contribution is 2.30. The molecule has 0 amide bonds. The van der Waals surface area contributed by atoms with E-state index in [0.29, 0.717) is 6.04 Å². The van der Waals surface area contributed by atoms with E-state index in [1.54, 1.807) is 0 Å². The summed E-state index contributed by atoms with van der Waals surface area (Å²) in [5.41, 5.74) is 0. The predicted octanol–water partition coefficient (Wildman–Crippen LogP) is 2.62. The van der Waals surface area contributed by atoms with E-state index in [2.05, 4.69) is 49.4 Å². The van der Waals surface area contributed by atoms with Crippen molar-refractivity contribution in [2.75, 3.05) is 46.3 Å². The Hall–Kier alpha value is -0.120. The van der Waals surface area contributed by atoms with Crippen LogP contribution in [0.25, 0.3) is 0 Å². The molecule has 0 N–H and O–H groups in total. The molecule has 20 heavy (non-hydrogen) atoms. The molecular weight excluding hydrogens is 246 g/mol. The van der Waals surface area contributed by atoms with Crippen molar-refractivity contribution in [2.24, 2.45) is 11.8 Å². The fraction of sp³-hybridized carbons (Fsp3) is 1.00. The van der Waals surface area contributed by atoms with Crippen LogP contribution in [0.1, 0.15) is 41.5 Å². The molecule has 2 rings (SSSR count). The fourth-order valence-corrected chi connectivity index (χ4v) is 3.46. The molecule has 0 radical (unpaired) electrons. The average molecular weight is 284 g/mol. The van der Waals surface area contributed by atoms with E-state index in [0.717, 1.165) is 17.9 Å². The van der Waals surface area contributed by atoms with E-state index >= 15 is 0 Å². The number of likely N-dealkylation sites (tertiary alicyclic amines) is 1. The number of hydrogen-bond donors (Lipinski definition) is 0. The number of likely N-dealkylation sites (N-methyl/N-ethyl adjacent to an activating group) is 1. The van der Waals surface area contributed by atoms with Gasteiger partial charge < -0.3 is 4.90 Å². The number of rotatable bonds is 3. The first-order valence-electron chi connectivity index (χ1n) is 8.65. The van der Waals surface area contributed by atoms with E-state index in [1.165, 1.54) is 39.3 Å². The highest BCUT2D eigenvalue weighted by Gasteiger charge is 2.39. The quantitative estimate of drug-likeness (QED) is 0.788. The molecule has 0 aliphatic carbocycles. The van der Waals surface area contributed by atoms with Crippen molar-refractivity contribution >= 4 is 0 Å². The van der Waals surface area contributed by atoms with Crippen LogP contribution in [0.4, 0.5) is 0 Å². The van der Waals surface area contributed by atoms with Crippen molar-refractivity contribution in [3.63, 3.8) is 0 Å². The molecule has 3 nitrogen and oxygen atoms in total. The average Bonchev–Trinajstić information content (AvgIpc) is 2.87. The lowest BCUT2D eigenvalue weighted by Crippen LogP contribution is -2.52. The van der Waals surface area contributed by atoms with E-state index in [1.807, 2.05) is 13.8 Å². The normalized spacial score (nSPS) is 29.9. The van der Waals surface area contributed by atoms with Gasteiger partial charge in [0.05, 0.1) is 0 Å². The maximum Gasteiger partial charge on any atom is 0.0267 e. The third-order valence-corrected chi connectivity index (χ3v) is 4.95. The first-order chi connectivity index (χ1) is 9.49. The zero-order chi connectivity index (χ0) is 15.3. The van der Waals surface area contributed by atoms with Crippen LogP contribution in [0.2, 0.25) is 0 Å². The lowest BCUT2D eigenvalue weighted by molar-refractivity contribution is 0.0860. The topological polar surface area (TPSA) is 9.72 Å². The van der Waals surface area contributed by atoms with Gasteiger partial charge in [0.25, 0.3) is 0 Å². The molecule has 2 unspecified atom stereocenters. The van der Waals surface area contributed by atoms with Crippen LogP contribution >= 0.6 is 0 Å². The van der Waals surface area contributed by atoms with Crippen molar-refractivity contribution in [1.82, 2.24) is 14.7 Å². The molecule has 0 saturated carbocycles. The summed E-state index contributed by atoms with van der Waals surface area (Å²) in [5, 5.41) is 0. The maximum atomic E-state index is 2.76. The molecular formula is C17H37N3. The molecule has 120 valence electrons. The molecule has 0 aromatic carbocycles.